The van der Waals surface area contributed by atoms with E-state index in [1.807, 2.05) is 0 Å². The van der Waals surface area contributed by atoms with Gasteiger partial charge in [0.1, 0.15) is 11.4 Å². The van der Waals surface area contributed by atoms with E-state index in [9.17, 15) is 14.0 Å². The molecule has 1 amide bonds. The minimum atomic E-state index is -1.20. The van der Waals surface area contributed by atoms with E-state index in [1.165, 1.54) is 6.20 Å². The first kappa shape index (κ1) is 15.3. The summed E-state index contributed by atoms with van der Waals surface area (Å²) >= 11 is 11.4. The summed E-state index contributed by atoms with van der Waals surface area (Å²) in [7, 11) is 0. The van der Waals surface area contributed by atoms with E-state index in [-0.39, 0.29) is 26.9 Å². The summed E-state index contributed by atoms with van der Waals surface area (Å²) in [5.41, 5.74) is 0.227. The predicted octanol–water partition coefficient (Wildman–Crippen LogP) is 3.72. The van der Waals surface area contributed by atoms with Crippen molar-refractivity contribution in [3.05, 3.63) is 51.0 Å². The van der Waals surface area contributed by atoms with Gasteiger partial charge in [-0.1, -0.05) is 23.2 Å². The van der Waals surface area contributed by atoms with Crippen molar-refractivity contribution in [2.75, 3.05) is 5.32 Å². The molecule has 2 rings (SSSR count). The van der Waals surface area contributed by atoms with E-state index in [0.717, 1.165) is 12.1 Å². The van der Waals surface area contributed by atoms with Gasteiger partial charge in [0.2, 0.25) is 0 Å². The second-order valence-corrected chi connectivity index (χ2v) is 5.02. The molecular formula is C13H9Cl2FN2O3. The van der Waals surface area contributed by atoms with Gasteiger partial charge < -0.3 is 15.4 Å². The molecule has 1 aromatic heterocycles. The van der Waals surface area contributed by atoms with Crippen LogP contribution in [0.3, 0.4) is 0 Å². The molecule has 1 aromatic carbocycles. The van der Waals surface area contributed by atoms with E-state index in [2.05, 4.69) is 10.3 Å². The van der Waals surface area contributed by atoms with Crippen molar-refractivity contribution in [1.29, 1.82) is 0 Å². The quantitative estimate of drug-likeness (QED) is 0.750. The smallest absolute Gasteiger partial charge is 0.339 e. The van der Waals surface area contributed by atoms with Crippen molar-refractivity contribution in [3.8, 4) is 0 Å². The summed E-state index contributed by atoms with van der Waals surface area (Å²) in [6, 6.07) is 1.99. The normalized spacial score (nSPS) is 10.5. The molecule has 110 valence electrons. The number of carbonyl (C=O) groups excluding carboxylic acids is 1. The summed E-state index contributed by atoms with van der Waals surface area (Å²) in [4.78, 5) is 25.9. The molecule has 0 unspecified atom stereocenters. The molecular weight excluding hydrogens is 322 g/mol. The lowest BCUT2D eigenvalue weighted by molar-refractivity contribution is 0.0697. The molecule has 0 bridgehead atoms. The maximum Gasteiger partial charge on any atom is 0.339 e. The van der Waals surface area contributed by atoms with Gasteiger partial charge in [-0.3, -0.25) is 4.79 Å². The fourth-order valence-electron chi connectivity index (χ4n) is 1.79. The Bertz CT molecular complexity index is 743. The Balaban J connectivity index is 2.35. The summed E-state index contributed by atoms with van der Waals surface area (Å²) in [5.74, 6) is -2.73. The topological polar surface area (TPSA) is 82.2 Å². The first-order valence-corrected chi connectivity index (χ1v) is 6.44. The number of carboxylic acid groups (broad SMARTS) is 1. The lowest BCUT2D eigenvalue weighted by Gasteiger charge is -2.07. The van der Waals surface area contributed by atoms with Crippen molar-refractivity contribution < 1.29 is 19.1 Å². The van der Waals surface area contributed by atoms with Gasteiger partial charge in [0.05, 0.1) is 21.3 Å². The van der Waals surface area contributed by atoms with Gasteiger partial charge in [0.15, 0.2) is 0 Å². The summed E-state index contributed by atoms with van der Waals surface area (Å²) in [6.07, 6.45) is 1.33. The molecule has 0 aliphatic heterocycles. The number of amides is 1. The van der Waals surface area contributed by atoms with Crippen LogP contribution in [0.1, 0.15) is 26.4 Å². The number of nitrogens with one attached hydrogen (secondary N) is 2. The van der Waals surface area contributed by atoms with Crippen LogP contribution in [0.5, 0.6) is 0 Å². The largest absolute Gasteiger partial charge is 0.478 e. The van der Waals surface area contributed by atoms with E-state index < -0.39 is 17.7 Å². The van der Waals surface area contributed by atoms with Gasteiger partial charge in [0, 0.05) is 11.9 Å². The molecule has 0 saturated heterocycles. The van der Waals surface area contributed by atoms with Crippen molar-refractivity contribution >= 4 is 40.8 Å². The van der Waals surface area contributed by atoms with Gasteiger partial charge >= 0.3 is 5.97 Å². The highest BCUT2D eigenvalue weighted by molar-refractivity contribution is 6.37. The first-order valence-electron chi connectivity index (χ1n) is 5.68. The maximum atomic E-state index is 13.4. The predicted molar refractivity (Wildman–Crippen MR) is 76.9 cm³/mol. The number of halogens is 3. The molecule has 0 aliphatic carbocycles. The average Bonchev–Trinajstić information content (AvgIpc) is 2.74. The second-order valence-electron chi connectivity index (χ2n) is 4.21. The second kappa shape index (κ2) is 5.75. The van der Waals surface area contributed by atoms with Crippen molar-refractivity contribution in [2.45, 2.75) is 6.92 Å². The summed E-state index contributed by atoms with van der Waals surface area (Å²) in [6.45, 7) is 1.55. The van der Waals surface area contributed by atoms with Crippen LogP contribution in [0.25, 0.3) is 0 Å². The van der Waals surface area contributed by atoms with Crippen LogP contribution in [0, 0.1) is 12.7 Å². The molecule has 5 nitrogen and oxygen atoms in total. The van der Waals surface area contributed by atoms with E-state index in [1.54, 1.807) is 6.92 Å². The zero-order valence-corrected chi connectivity index (χ0v) is 12.1. The third-order valence-electron chi connectivity index (χ3n) is 2.79. The Morgan fingerprint density at radius 2 is 1.95 bits per heavy atom. The average molecular weight is 331 g/mol. The minimum absolute atomic E-state index is 0.0389. The third-order valence-corrected chi connectivity index (χ3v) is 3.40. The van der Waals surface area contributed by atoms with Gasteiger partial charge in [-0.25, -0.2) is 9.18 Å². The zero-order valence-electron chi connectivity index (χ0n) is 10.6. The van der Waals surface area contributed by atoms with Gasteiger partial charge in [0.25, 0.3) is 5.91 Å². The zero-order chi connectivity index (χ0) is 15.7. The minimum Gasteiger partial charge on any atom is -0.478 e. The molecule has 0 aliphatic rings. The van der Waals surface area contributed by atoms with Crippen molar-refractivity contribution in [3.63, 3.8) is 0 Å². The van der Waals surface area contributed by atoms with Crippen LogP contribution in [0.4, 0.5) is 10.1 Å². The van der Waals surface area contributed by atoms with Crippen LogP contribution >= 0.6 is 23.2 Å². The number of benzene rings is 1. The van der Waals surface area contributed by atoms with Crippen LogP contribution < -0.4 is 5.32 Å². The number of aryl methyl sites for hydroxylation is 1. The molecule has 1 heterocycles. The number of H-pyrrole nitrogens is 1. The van der Waals surface area contributed by atoms with E-state index >= 15 is 0 Å². The molecule has 21 heavy (non-hydrogen) atoms. The Hall–Kier alpha value is -2.05. The number of anilines is 1. The number of hydrogen-bond acceptors (Lipinski definition) is 2. The molecule has 0 radical (unpaired) electrons. The maximum absolute atomic E-state index is 13.4. The van der Waals surface area contributed by atoms with E-state index in [4.69, 9.17) is 28.3 Å². The number of carbonyl (C=O) groups is 2. The lowest BCUT2D eigenvalue weighted by atomic mass is 10.2. The molecule has 0 fully saturated rings. The van der Waals surface area contributed by atoms with Crippen LogP contribution in [0.2, 0.25) is 10.0 Å². The molecule has 2 aromatic rings. The van der Waals surface area contributed by atoms with Gasteiger partial charge in [-0.05, 0) is 19.1 Å². The Morgan fingerprint density at radius 3 is 2.57 bits per heavy atom. The fourth-order valence-corrected chi connectivity index (χ4v) is 2.26. The number of aromatic nitrogens is 1. The van der Waals surface area contributed by atoms with Crippen LogP contribution in [0.15, 0.2) is 18.3 Å². The molecule has 0 saturated carbocycles. The highest BCUT2D eigenvalue weighted by atomic mass is 35.5. The van der Waals surface area contributed by atoms with Gasteiger partial charge in [-0.2, -0.15) is 0 Å². The highest BCUT2D eigenvalue weighted by Gasteiger charge is 2.20. The van der Waals surface area contributed by atoms with Crippen LogP contribution in [-0.2, 0) is 0 Å². The standard InChI is InChI=1S/C13H9Cl2FN2O3/c1-5-11(13(20)21)10(4-17-5)18-12(19)6-2-9(16)8(15)3-7(6)14/h2-4,17H,1H3,(H,18,19)(H,20,21). The highest BCUT2D eigenvalue weighted by Crippen LogP contribution is 2.26. The Kier molecular flexibility index (Phi) is 4.20. The fraction of sp³-hybridized carbons (Fsp3) is 0.0769. The lowest BCUT2D eigenvalue weighted by Crippen LogP contribution is -2.15. The Labute approximate surface area is 128 Å². The number of hydrogen-bond donors (Lipinski definition) is 3. The van der Waals surface area contributed by atoms with Crippen molar-refractivity contribution in [1.82, 2.24) is 4.98 Å². The summed E-state index contributed by atoms with van der Waals surface area (Å²) in [5, 5.41) is 11.2. The first-order chi connectivity index (χ1) is 9.81. The molecule has 0 atom stereocenters. The number of rotatable bonds is 3. The van der Waals surface area contributed by atoms with Gasteiger partial charge in [-0.15, -0.1) is 0 Å². The molecule has 0 spiro atoms. The SMILES string of the molecule is Cc1[nH]cc(NC(=O)c2cc(F)c(Cl)cc2Cl)c1C(=O)O. The number of aromatic amines is 1. The summed E-state index contributed by atoms with van der Waals surface area (Å²) < 4.78 is 13.4. The number of aromatic carboxylic acids is 1. The molecule has 8 heteroatoms. The number of carboxylic acids is 1. The monoisotopic (exact) mass is 330 g/mol. The Morgan fingerprint density at radius 1 is 1.29 bits per heavy atom. The van der Waals surface area contributed by atoms with E-state index in [0.29, 0.717) is 5.69 Å². The van der Waals surface area contributed by atoms with Crippen LogP contribution in [-0.4, -0.2) is 22.0 Å². The molecule has 3 N–H and O–H groups in total. The van der Waals surface area contributed by atoms with Crippen molar-refractivity contribution in [2.24, 2.45) is 0 Å². The third kappa shape index (κ3) is 3.01.